The van der Waals surface area contributed by atoms with Crippen molar-refractivity contribution in [1.82, 2.24) is 5.32 Å². The summed E-state index contributed by atoms with van der Waals surface area (Å²) in [7, 11) is 0. The molecule has 0 saturated carbocycles. The van der Waals surface area contributed by atoms with Gasteiger partial charge in [-0.2, -0.15) is 0 Å². The van der Waals surface area contributed by atoms with Gasteiger partial charge in [-0.1, -0.05) is 6.07 Å². The van der Waals surface area contributed by atoms with Crippen molar-refractivity contribution in [3.8, 4) is 11.5 Å². The summed E-state index contributed by atoms with van der Waals surface area (Å²) in [6, 6.07) is 5.70. The highest BCUT2D eigenvalue weighted by Crippen LogP contribution is 2.25. The molecule has 0 bridgehead atoms. The Balaban J connectivity index is 2.10. The van der Waals surface area contributed by atoms with Gasteiger partial charge in [-0.25, -0.2) is 4.79 Å². The Bertz CT molecular complexity index is 649. The number of amides is 1. The average Bonchev–Trinajstić information content (AvgIpc) is 2.96. The van der Waals surface area contributed by atoms with E-state index in [9.17, 15) is 19.8 Å². The van der Waals surface area contributed by atoms with Crippen molar-refractivity contribution in [3.63, 3.8) is 0 Å². The maximum Gasteiger partial charge on any atom is 0.326 e. The molecule has 0 spiro atoms. The number of aromatic hydroxyl groups is 2. The van der Waals surface area contributed by atoms with Crippen LogP contribution in [0.25, 0.3) is 0 Å². The third-order valence-electron chi connectivity index (χ3n) is 2.83. The minimum Gasteiger partial charge on any atom is -0.504 e. The van der Waals surface area contributed by atoms with Gasteiger partial charge >= 0.3 is 5.97 Å². The predicted octanol–water partition coefficient (Wildman–Crippen LogP) is 1.12. The van der Waals surface area contributed by atoms with Crippen LogP contribution in [0.15, 0.2) is 41.0 Å². The minimum absolute atomic E-state index is 0.00908. The van der Waals surface area contributed by atoms with Crippen molar-refractivity contribution >= 4 is 11.9 Å². The number of hydrogen-bond donors (Lipinski definition) is 4. The van der Waals surface area contributed by atoms with Crippen LogP contribution >= 0.6 is 0 Å². The van der Waals surface area contributed by atoms with Crippen LogP contribution in [0.3, 0.4) is 0 Å². The third kappa shape index (κ3) is 3.53. The SMILES string of the molecule is O=C(N[C@@H](Cc1ccc(O)c(O)c1)C(=O)O)c1ccco1. The van der Waals surface area contributed by atoms with Gasteiger partial charge in [0.25, 0.3) is 5.91 Å². The maximum absolute atomic E-state index is 11.8. The predicted molar refractivity (Wildman–Crippen MR) is 71.1 cm³/mol. The smallest absolute Gasteiger partial charge is 0.326 e. The van der Waals surface area contributed by atoms with E-state index >= 15 is 0 Å². The number of carbonyl (C=O) groups is 2. The van der Waals surface area contributed by atoms with E-state index in [4.69, 9.17) is 9.52 Å². The molecule has 0 aliphatic rings. The molecule has 110 valence electrons. The van der Waals surface area contributed by atoms with E-state index in [2.05, 4.69) is 5.32 Å². The molecule has 1 aromatic heterocycles. The van der Waals surface area contributed by atoms with E-state index in [0.717, 1.165) is 0 Å². The molecule has 2 aromatic rings. The first-order chi connectivity index (χ1) is 9.97. The van der Waals surface area contributed by atoms with Crippen molar-refractivity contribution in [1.29, 1.82) is 0 Å². The largest absolute Gasteiger partial charge is 0.504 e. The summed E-state index contributed by atoms with van der Waals surface area (Å²) in [6.07, 6.45) is 1.26. The van der Waals surface area contributed by atoms with Crippen LogP contribution in [0.5, 0.6) is 11.5 Å². The number of furan rings is 1. The Kier molecular flexibility index (Phi) is 4.13. The summed E-state index contributed by atoms with van der Waals surface area (Å²) in [5, 5.41) is 30.1. The van der Waals surface area contributed by atoms with Gasteiger partial charge in [-0.15, -0.1) is 0 Å². The van der Waals surface area contributed by atoms with Crippen LogP contribution in [-0.4, -0.2) is 33.2 Å². The molecule has 1 amide bonds. The molecular weight excluding hydrogens is 278 g/mol. The molecule has 7 nitrogen and oxygen atoms in total. The molecule has 21 heavy (non-hydrogen) atoms. The number of benzene rings is 1. The molecule has 4 N–H and O–H groups in total. The summed E-state index contributed by atoms with van der Waals surface area (Å²) in [5.41, 5.74) is 0.456. The topological polar surface area (TPSA) is 120 Å². The van der Waals surface area contributed by atoms with Crippen molar-refractivity contribution < 1.29 is 29.3 Å². The van der Waals surface area contributed by atoms with Crippen molar-refractivity contribution in [3.05, 3.63) is 47.9 Å². The highest BCUT2D eigenvalue weighted by Gasteiger charge is 2.22. The van der Waals surface area contributed by atoms with Crippen LogP contribution in [-0.2, 0) is 11.2 Å². The number of phenolic OH excluding ortho intramolecular Hbond substituents is 2. The lowest BCUT2D eigenvalue weighted by atomic mass is 10.1. The molecule has 1 atom stereocenters. The number of rotatable bonds is 5. The second kappa shape index (κ2) is 6.00. The van der Waals surface area contributed by atoms with Gasteiger partial charge in [0.1, 0.15) is 6.04 Å². The molecule has 0 aliphatic carbocycles. The second-order valence-corrected chi connectivity index (χ2v) is 4.37. The fraction of sp³-hybridized carbons (Fsp3) is 0.143. The Labute approximate surface area is 119 Å². The lowest BCUT2D eigenvalue weighted by Crippen LogP contribution is -2.42. The fourth-order valence-electron chi connectivity index (χ4n) is 1.77. The van der Waals surface area contributed by atoms with E-state index in [-0.39, 0.29) is 23.7 Å². The van der Waals surface area contributed by atoms with Gasteiger partial charge in [0.15, 0.2) is 17.3 Å². The lowest BCUT2D eigenvalue weighted by Gasteiger charge is -2.14. The quantitative estimate of drug-likeness (QED) is 0.613. The number of phenols is 2. The lowest BCUT2D eigenvalue weighted by molar-refractivity contribution is -0.139. The Morgan fingerprint density at radius 1 is 1.19 bits per heavy atom. The first kappa shape index (κ1) is 14.4. The minimum atomic E-state index is -1.22. The molecule has 0 fully saturated rings. The summed E-state index contributed by atoms with van der Waals surface area (Å²) >= 11 is 0. The van der Waals surface area contributed by atoms with Crippen LogP contribution < -0.4 is 5.32 Å². The maximum atomic E-state index is 11.8. The highest BCUT2D eigenvalue weighted by molar-refractivity contribution is 5.94. The second-order valence-electron chi connectivity index (χ2n) is 4.37. The number of aliphatic carboxylic acids is 1. The molecular formula is C14H13NO6. The van der Waals surface area contributed by atoms with Gasteiger partial charge in [0, 0.05) is 6.42 Å². The normalized spacial score (nSPS) is 11.8. The summed E-state index contributed by atoms with van der Waals surface area (Å²) in [5.74, 6) is -2.51. The number of nitrogens with one attached hydrogen (secondary N) is 1. The third-order valence-corrected chi connectivity index (χ3v) is 2.83. The Hall–Kier alpha value is -2.96. The molecule has 0 radical (unpaired) electrons. The molecule has 0 unspecified atom stereocenters. The number of hydrogen-bond acceptors (Lipinski definition) is 5. The van der Waals surface area contributed by atoms with Crippen LogP contribution in [0.2, 0.25) is 0 Å². The first-order valence-corrected chi connectivity index (χ1v) is 6.05. The summed E-state index contributed by atoms with van der Waals surface area (Å²) < 4.78 is 4.88. The molecule has 0 saturated heterocycles. The van der Waals surface area contributed by atoms with E-state index in [0.29, 0.717) is 5.56 Å². The van der Waals surface area contributed by atoms with Crippen LogP contribution in [0.1, 0.15) is 16.1 Å². The molecule has 0 aliphatic heterocycles. The highest BCUT2D eigenvalue weighted by atomic mass is 16.4. The monoisotopic (exact) mass is 291 g/mol. The van der Waals surface area contributed by atoms with Crippen molar-refractivity contribution in [2.24, 2.45) is 0 Å². The van der Waals surface area contributed by atoms with Crippen LogP contribution in [0, 0.1) is 0 Å². The standard InChI is InChI=1S/C14H13NO6/c16-10-4-3-8(7-11(10)17)6-9(14(19)20)15-13(18)12-2-1-5-21-12/h1-5,7,9,16-17H,6H2,(H,15,18)(H,19,20)/t9-/m0/s1. The van der Waals surface area contributed by atoms with Gasteiger partial charge in [-0.05, 0) is 29.8 Å². The fourth-order valence-corrected chi connectivity index (χ4v) is 1.77. The van der Waals surface area contributed by atoms with E-state index < -0.39 is 17.9 Å². The van der Waals surface area contributed by atoms with E-state index in [1.807, 2.05) is 0 Å². The van der Waals surface area contributed by atoms with Gasteiger partial charge in [0.05, 0.1) is 6.26 Å². The molecule has 2 rings (SSSR count). The number of carboxylic acid groups (broad SMARTS) is 1. The van der Waals surface area contributed by atoms with Gasteiger partial charge < -0.3 is 25.1 Å². The van der Waals surface area contributed by atoms with E-state index in [1.165, 1.54) is 36.6 Å². The average molecular weight is 291 g/mol. The van der Waals surface area contributed by atoms with Gasteiger partial charge in [-0.3, -0.25) is 4.79 Å². The van der Waals surface area contributed by atoms with Gasteiger partial charge in [0.2, 0.25) is 0 Å². The van der Waals surface area contributed by atoms with Crippen molar-refractivity contribution in [2.45, 2.75) is 12.5 Å². The zero-order valence-electron chi connectivity index (χ0n) is 10.8. The summed E-state index contributed by atoms with van der Waals surface area (Å²) in [6.45, 7) is 0. The molecule has 7 heteroatoms. The number of carboxylic acids is 1. The van der Waals surface area contributed by atoms with Crippen LogP contribution in [0.4, 0.5) is 0 Å². The Morgan fingerprint density at radius 2 is 1.95 bits per heavy atom. The Morgan fingerprint density at radius 3 is 2.52 bits per heavy atom. The molecule has 1 heterocycles. The zero-order valence-corrected chi connectivity index (χ0v) is 10.8. The summed E-state index contributed by atoms with van der Waals surface area (Å²) in [4.78, 5) is 23.0. The van der Waals surface area contributed by atoms with Crippen molar-refractivity contribution in [2.75, 3.05) is 0 Å². The van der Waals surface area contributed by atoms with E-state index in [1.54, 1.807) is 0 Å². The molecule has 1 aromatic carbocycles. The number of carbonyl (C=O) groups excluding carboxylic acids is 1. The zero-order chi connectivity index (χ0) is 15.4. The first-order valence-electron chi connectivity index (χ1n) is 6.05.